The SMILES string of the molecule is Cl.O=C(NCCOc1cccc(C(F)(F)F)c1)C1CC(F)(F)CN1. The van der Waals surface area contributed by atoms with Gasteiger partial charge in [-0.3, -0.25) is 10.1 Å². The van der Waals surface area contributed by atoms with E-state index in [0.29, 0.717) is 0 Å². The smallest absolute Gasteiger partial charge is 0.416 e. The van der Waals surface area contributed by atoms with E-state index in [-0.39, 0.29) is 31.3 Å². The fourth-order valence-corrected chi connectivity index (χ4v) is 2.13. The van der Waals surface area contributed by atoms with Crippen molar-refractivity contribution in [2.75, 3.05) is 19.7 Å². The van der Waals surface area contributed by atoms with Gasteiger partial charge in [-0.1, -0.05) is 6.07 Å². The Morgan fingerprint density at radius 1 is 1.38 bits per heavy atom. The number of hydrogen-bond acceptors (Lipinski definition) is 3. The molecule has 2 rings (SSSR count). The first-order valence-corrected chi connectivity index (χ1v) is 6.86. The Hall–Kier alpha value is -1.61. The van der Waals surface area contributed by atoms with Gasteiger partial charge in [-0.25, -0.2) is 8.78 Å². The number of amides is 1. The molecule has 0 aromatic heterocycles. The molecule has 0 aliphatic carbocycles. The van der Waals surface area contributed by atoms with E-state index in [2.05, 4.69) is 10.6 Å². The number of nitrogens with one attached hydrogen (secondary N) is 2. The van der Waals surface area contributed by atoms with Gasteiger partial charge in [0.2, 0.25) is 5.91 Å². The minimum absolute atomic E-state index is 0. The average Bonchev–Trinajstić information content (AvgIpc) is 2.83. The van der Waals surface area contributed by atoms with Gasteiger partial charge in [0, 0.05) is 6.42 Å². The molecule has 0 saturated carbocycles. The van der Waals surface area contributed by atoms with Gasteiger partial charge in [0.15, 0.2) is 0 Å². The Morgan fingerprint density at radius 3 is 2.67 bits per heavy atom. The van der Waals surface area contributed by atoms with Crippen LogP contribution >= 0.6 is 12.4 Å². The van der Waals surface area contributed by atoms with Gasteiger partial charge in [0.05, 0.1) is 24.7 Å². The maximum absolute atomic E-state index is 12.9. The topological polar surface area (TPSA) is 50.4 Å². The fourth-order valence-electron chi connectivity index (χ4n) is 2.13. The molecule has 1 aromatic rings. The monoisotopic (exact) mass is 374 g/mol. The molecule has 1 unspecified atom stereocenters. The average molecular weight is 375 g/mol. The van der Waals surface area contributed by atoms with Crippen LogP contribution in [0, 0.1) is 0 Å². The molecule has 1 aliphatic rings. The third-order valence-corrected chi connectivity index (χ3v) is 3.26. The van der Waals surface area contributed by atoms with Crippen LogP contribution in [0.4, 0.5) is 22.0 Å². The highest BCUT2D eigenvalue weighted by Crippen LogP contribution is 2.31. The Balaban J connectivity index is 0.00000288. The summed E-state index contributed by atoms with van der Waals surface area (Å²) in [5.41, 5.74) is -0.837. The van der Waals surface area contributed by atoms with E-state index in [1.807, 2.05) is 0 Å². The quantitative estimate of drug-likeness (QED) is 0.615. The highest BCUT2D eigenvalue weighted by molar-refractivity contribution is 5.85. The number of rotatable bonds is 5. The number of carbonyl (C=O) groups excluding carboxylic acids is 1. The fraction of sp³-hybridized carbons (Fsp3) is 0.500. The zero-order valence-corrected chi connectivity index (χ0v) is 13.1. The molecule has 0 bridgehead atoms. The van der Waals surface area contributed by atoms with Gasteiger partial charge >= 0.3 is 6.18 Å². The summed E-state index contributed by atoms with van der Waals surface area (Å²) < 4.78 is 68.5. The summed E-state index contributed by atoms with van der Waals surface area (Å²) in [6, 6.07) is 3.36. The molecule has 24 heavy (non-hydrogen) atoms. The summed E-state index contributed by atoms with van der Waals surface area (Å²) in [5, 5.41) is 4.80. The lowest BCUT2D eigenvalue weighted by Gasteiger charge is -2.13. The summed E-state index contributed by atoms with van der Waals surface area (Å²) in [7, 11) is 0. The molecule has 1 saturated heterocycles. The maximum Gasteiger partial charge on any atom is 0.416 e. The molecule has 0 spiro atoms. The maximum atomic E-state index is 12.9. The molecule has 1 atom stereocenters. The number of ether oxygens (including phenoxy) is 1. The Labute approximate surface area is 141 Å². The van der Waals surface area contributed by atoms with E-state index >= 15 is 0 Å². The van der Waals surface area contributed by atoms with E-state index in [1.165, 1.54) is 12.1 Å². The second-order valence-corrected chi connectivity index (χ2v) is 5.16. The van der Waals surface area contributed by atoms with Gasteiger partial charge < -0.3 is 10.1 Å². The molecular formula is C14H16ClF5N2O2. The predicted octanol–water partition coefficient (Wildman–Crippen LogP) is 2.62. The zero-order valence-electron chi connectivity index (χ0n) is 12.3. The van der Waals surface area contributed by atoms with Crippen molar-refractivity contribution in [2.45, 2.75) is 24.6 Å². The minimum Gasteiger partial charge on any atom is -0.492 e. The molecule has 1 aromatic carbocycles. The summed E-state index contributed by atoms with van der Waals surface area (Å²) >= 11 is 0. The number of hydrogen-bond donors (Lipinski definition) is 2. The first-order chi connectivity index (χ1) is 10.7. The second kappa shape index (κ2) is 7.98. The Morgan fingerprint density at radius 2 is 2.08 bits per heavy atom. The first kappa shape index (κ1) is 20.4. The van der Waals surface area contributed by atoms with Crippen LogP contribution in [0.1, 0.15) is 12.0 Å². The van der Waals surface area contributed by atoms with E-state index in [4.69, 9.17) is 4.74 Å². The molecule has 1 amide bonds. The van der Waals surface area contributed by atoms with Crippen LogP contribution in [0.25, 0.3) is 0 Å². The van der Waals surface area contributed by atoms with Crippen molar-refractivity contribution in [3.8, 4) is 5.75 Å². The molecule has 4 nitrogen and oxygen atoms in total. The summed E-state index contributed by atoms with van der Waals surface area (Å²) in [5.74, 6) is -3.48. The van der Waals surface area contributed by atoms with Gasteiger partial charge in [0.1, 0.15) is 12.4 Å². The van der Waals surface area contributed by atoms with Gasteiger partial charge in [-0.05, 0) is 18.2 Å². The minimum atomic E-state index is -4.47. The van der Waals surface area contributed by atoms with Gasteiger partial charge in [-0.2, -0.15) is 13.2 Å². The second-order valence-electron chi connectivity index (χ2n) is 5.16. The third kappa shape index (κ3) is 5.79. The van der Waals surface area contributed by atoms with Crippen molar-refractivity contribution >= 4 is 18.3 Å². The number of benzene rings is 1. The molecule has 2 N–H and O–H groups in total. The lowest BCUT2D eigenvalue weighted by molar-refractivity contribution is -0.137. The number of alkyl halides is 5. The van der Waals surface area contributed by atoms with Crippen LogP contribution in [-0.2, 0) is 11.0 Å². The Kier molecular flexibility index (Phi) is 6.79. The van der Waals surface area contributed by atoms with E-state index in [1.54, 1.807) is 0 Å². The van der Waals surface area contributed by atoms with Crippen molar-refractivity contribution in [3.05, 3.63) is 29.8 Å². The number of carbonyl (C=O) groups is 1. The molecule has 0 radical (unpaired) electrons. The summed E-state index contributed by atoms with van der Waals surface area (Å²) in [6.45, 7) is -0.624. The van der Waals surface area contributed by atoms with Crippen molar-refractivity contribution in [3.63, 3.8) is 0 Å². The van der Waals surface area contributed by atoms with Crippen molar-refractivity contribution in [1.29, 1.82) is 0 Å². The first-order valence-electron chi connectivity index (χ1n) is 6.86. The zero-order chi connectivity index (χ0) is 17.1. The predicted molar refractivity (Wildman–Crippen MR) is 78.6 cm³/mol. The summed E-state index contributed by atoms with van der Waals surface area (Å²) in [6.07, 6.45) is -5.04. The van der Waals surface area contributed by atoms with Gasteiger partial charge in [0.25, 0.3) is 5.92 Å². The van der Waals surface area contributed by atoms with E-state index in [9.17, 15) is 26.7 Å². The van der Waals surface area contributed by atoms with Crippen molar-refractivity contribution < 1.29 is 31.5 Å². The van der Waals surface area contributed by atoms with Crippen LogP contribution in [0.15, 0.2) is 24.3 Å². The van der Waals surface area contributed by atoms with E-state index in [0.717, 1.165) is 12.1 Å². The highest BCUT2D eigenvalue weighted by atomic mass is 35.5. The molecule has 1 aliphatic heterocycles. The molecular weight excluding hydrogens is 359 g/mol. The molecule has 1 heterocycles. The standard InChI is InChI=1S/C14H15F5N2O2.ClH/c15-13(16)7-11(21-8-13)12(22)20-4-5-23-10-3-1-2-9(6-10)14(17,18)19;/h1-3,6,11,21H,4-5,7-8H2,(H,20,22);1H. The molecule has 1 fully saturated rings. The molecule has 136 valence electrons. The van der Waals surface area contributed by atoms with Crippen molar-refractivity contribution in [2.24, 2.45) is 0 Å². The lowest BCUT2D eigenvalue weighted by Crippen LogP contribution is -2.41. The van der Waals surface area contributed by atoms with Crippen molar-refractivity contribution in [1.82, 2.24) is 10.6 Å². The van der Waals surface area contributed by atoms with Crippen LogP contribution in [0.2, 0.25) is 0 Å². The Bertz CT molecular complexity index is 568. The normalized spacial score (nSPS) is 19.5. The molecule has 10 heteroatoms. The van der Waals surface area contributed by atoms with Crippen LogP contribution in [0.3, 0.4) is 0 Å². The van der Waals surface area contributed by atoms with Crippen LogP contribution in [-0.4, -0.2) is 37.6 Å². The van der Waals surface area contributed by atoms with Gasteiger partial charge in [-0.15, -0.1) is 12.4 Å². The van der Waals surface area contributed by atoms with Crippen LogP contribution < -0.4 is 15.4 Å². The number of halogens is 6. The largest absolute Gasteiger partial charge is 0.492 e. The van der Waals surface area contributed by atoms with Crippen LogP contribution in [0.5, 0.6) is 5.75 Å². The highest BCUT2D eigenvalue weighted by Gasteiger charge is 2.42. The summed E-state index contributed by atoms with van der Waals surface area (Å²) in [4.78, 5) is 11.6. The lowest BCUT2D eigenvalue weighted by atomic mass is 10.2. The third-order valence-electron chi connectivity index (χ3n) is 3.26. The van der Waals surface area contributed by atoms with E-state index < -0.39 is 42.6 Å².